The Morgan fingerprint density at radius 3 is 2.87 bits per heavy atom. The van der Waals surface area contributed by atoms with Crippen LogP contribution < -0.4 is 5.32 Å². The van der Waals surface area contributed by atoms with Crippen LogP contribution in [0.4, 0.5) is 5.82 Å². The van der Waals surface area contributed by atoms with Gasteiger partial charge in [-0.2, -0.15) is 9.78 Å². The topological polar surface area (TPSA) is 108 Å². The highest BCUT2D eigenvalue weighted by Gasteiger charge is 2.20. The second-order valence-electron chi connectivity index (χ2n) is 5.20. The summed E-state index contributed by atoms with van der Waals surface area (Å²) in [4.78, 5) is 22.2. The molecular weight excluding hydrogens is 368 g/mol. The number of carbonyl (C=O) groups excluding carboxylic acids is 1. The number of rotatable bonds is 7. The fraction of sp³-hybridized carbons (Fsp3) is 0.462. The Balaban J connectivity index is 1.83. The lowest BCUT2D eigenvalue weighted by molar-refractivity contribution is -0.389. The zero-order valence-corrected chi connectivity index (χ0v) is 14.4. The van der Waals surface area contributed by atoms with Crippen LogP contribution in [0.1, 0.15) is 12.6 Å². The minimum absolute atomic E-state index is 0.131. The normalized spacial score (nSPS) is 12.1. The molecular formula is C13H17BrN6O3. The van der Waals surface area contributed by atoms with Crippen molar-refractivity contribution < 1.29 is 9.72 Å². The maximum absolute atomic E-state index is 12.1. The summed E-state index contributed by atoms with van der Waals surface area (Å²) < 4.78 is 4.08. The van der Waals surface area contributed by atoms with Crippen LogP contribution in [-0.4, -0.2) is 36.9 Å². The van der Waals surface area contributed by atoms with Crippen LogP contribution in [0.2, 0.25) is 0 Å². The van der Waals surface area contributed by atoms with E-state index in [9.17, 15) is 14.9 Å². The summed E-state index contributed by atoms with van der Waals surface area (Å²) in [5.41, 5.74) is 0.651. The molecule has 0 aliphatic heterocycles. The molecule has 2 heterocycles. The Morgan fingerprint density at radius 1 is 1.57 bits per heavy atom. The summed E-state index contributed by atoms with van der Waals surface area (Å²) in [7, 11) is 0. The third kappa shape index (κ3) is 4.62. The fourth-order valence-corrected chi connectivity index (χ4v) is 2.37. The van der Waals surface area contributed by atoms with Crippen molar-refractivity contribution in [3.05, 3.63) is 38.7 Å². The number of carbonyl (C=O) groups is 1. The smallest absolute Gasteiger partial charge is 0.358 e. The summed E-state index contributed by atoms with van der Waals surface area (Å²) in [6.45, 7) is 4.79. The number of hydrogen-bond donors (Lipinski definition) is 1. The van der Waals surface area contributed by atoms with Gasteiger partial charge in [-0.3, -0.25) is 9.48 Å². The van der Waals surface area contributed by atoms with Crippen molar-refractivity contribution >= 4 is 27.7 Å². The molecule has 9 nitrogen and oxygen atoms in total. The molecule has 2 rings (SSSR count). The van der Waals surface area contributed by atoms with E-state index in [-0.39, 0.29) is 17.6 Å². The molecule has 2 aromatic rings. The van der Waals surface area contributed by atoms with Gasteiger partial charge in [-0.05, 0) is 27.8 Å². The van der Waals surface area contributed by atoms with Gasteiger partial charge in [0.05, 0.1) is 46.5 Å². The van der Waals surface area contributed by atoms with E-state index in [1.807, 2.05) is 6.20 Å². The van der Waals surface area contributed by atoms with Crippen molar-refractivity contribution in [1.29, 1.82) is 0 Å². The second-order valence-corrected chi connectivity index (χ2v) is 6.11. The fourth-order valence-electron chi connectivity index (χ4n) is 2.04. The first-order valence-corrected chi connectivity index (χ1v) is 7.80. The summed E-state index contributed by atoms with van der Waals surface area (Å²) in [6.07, 6.45) is 3.50. The van der Waals surface area contributed by atoms with Gasteiger partial charge in [0.2, 0.25) is 5.91 Å². The third-order valence-electron chi connectivity index (χ3n) is 3.29. The average molecular weight is 385 g/mol. The number of nitrogens with one attached hydrogen (secondary N) is 1. The quantitative estimate of drug-likeness (QED) is 0.574. The number of hydrogen-bond acceptors (Lipinski definition) is 5. The SMILES string of the molecule is Cc1cc([N+](=O)[O-])nn1CC(C)C(=O)NCCn1cc(Br)cn1. The largest absolute Gasteiger partial charge is 0.390 e. The average Bonchev–Trinajstić information content (AvgIpc) is 3.05. The van der Waals surface area contributed by atoms with Crippen LogP contribution in [0.15, 0.2) is 22.9 Å². The summed E-state index contributed by atoms with van der Waals surface area (Å²) >= 11 is 3.30. The predicted molar refractivity (Wildman–Crippen MR) is 85.7 cm³/mol. The first-order chi connectivity index (χ1) is 10.9. The number of aryl methyl sites for hydroxylation is 1. The van der Waals surface area contributed by atoms with E-state index < -0.39 is 4.92 Å². The first kappa shape index (κ1) is 17.1. The van der Waals surface area contributed by atoms with Gasteiger partial charge in [-0.1, -0.05) is 6.92 Å². The Bertz CT molecular complexity index is 710. The molecule has 1 N–H and O–H groups in total. The molecule has 2 aromatic heterocycles. The molecule has 1 atom stereocenters. The van der Waals surface area contributed by atoms with Crippen molar-refractivity contribution in [2.75, 3.05) is 6.54 Å². The van der Waals surface area contributed by atoms with Crippen LogP contribution in [0, 0.1) is 23.0 Å². The van der Waals surface area contributed by atoms with Crippen LogP contribution in [0.3, 0.4) is 0 Å². The second kappa shape index (κ2) is 7.36. The maximum Gasteiger partial charge on any atom is 0.390 e. The molecule has 0 spiro atoms. The van der Waals surface area contributed by atoms with Crippen molar-refractivity contribution in [2.24, 2.45) is 5.92 Å². The van der Waals surface area contributed by atoms with Crippen LogP contribution >= 0.6 is 15.9 Å². The summed E-state index contributed by atoms with van der Waals surface area (Å²) in [6, 6.07) is 1.39. The van der Waals surface area contributed by atoms with E-state index in [4.69, 9.17) is 0 Å². The molecule has 0 aliphatic carbocycles. The van der Waals surface area contributed by atoms with Crippen molar-refractivity contribution in [3.8, 4) is 0 Å². The minimum atomic E-state index is -0.545. The molecule has 0 bridgehead atoms. The van der Waals surface area contributed by atoms with E-state index in [0.29, 0.717) is 25.3 Å². The highest BCUT2D eigenvalue weighted by Crippen LogP contribution is 2.13. The van der Waals surface area contributed by atoms with Gasteiger partial charge >= 0.3 is 5.82 Å². The van der Waals surface area contributed by atoms with Crippen LogP contribution in [-0.2, 0) is 17.9 Å². The van der Waals surface area contributed by atoms with E-state index >= 15 is 0 Å². The van der Waals surface area contributed by atoms with Crippen molar-refractivity contribution in [1.82, 2.24) is 24.9 Å². The van der Waals surface area contributed by atoms with Crippen molar-refractivity contribution in [2.45, 2.75) is 26.9 Å². The minimum Gasteiger partial charge on any atom is -0.358 e. The molecule has 0 radical (unpaired) electrons. The van der Waals surface area contributed by atoms with Crippen LogP contribution in [0.25, 0.3) is 0 Å². The Labute approximate surface area is 140 Å². The number of nitrogens with zero attached hydrogens (tertiary/aromatic N) is 5. The molecule has 1 unspecified atom stereocenters. The first-order valence-electron chi connectivity index (χ1n) is 7.01. The number of aromatic nitrogens is 4. The molecule has 0 aliphatic rings. The highest BCUT2D eigenvalue weighted by molar-refractivity contribution is 9.10. The number of nitro groups is 1. The van der Waals surface area contributed by atoms with Crippen molar-refractivity contribution in [3.63, 3.8) is 0 Å². The Kier molecular flexibility index (Phi) is 5.48. The molecule has 0 aromatic carbocycles. The molecule has 0 saturated carbocycles. The predicted octanol–water partition coefficient (Wildman–Crippen LogP) is 1.51. The summed E-state index contributed by atoms with van der Waals surface area (Å²) in [5, 5.41) is 21.5. The molecule has 124 valence electrons. The Hall–Kier alpha value is -2.23. The third-order valence-corrected chi connectivity index (χ3v) is 3.70. The van der Waals surface area contributed by atoms with E-state index in [0.717, 1.165) is 4.47 Å². The van der Waals surface area contributed by atoms with Gasteiger partial charge in [0.15, 0.2) is 0 Å². The molecule has 10 heteroatoms. The van der Waals surface area contributed by atoms with Gasteiger partial charge in [0, 0.05) is 12.7 Å². The van der Waals surface area contributed by atoms with Gasteiger partial charge in [-0.25, -0.2) is 0 Å². The lowest BCUT2D eigenvalue weighted by atomic mass is 10.1. The van der Waals surface area contributed by atoms with Crippen LogP contribution in [0.5, 0.6) is 0 Å². The summed E-state index contributed by atoms with van der Waals surface area (Å²) in [5.74, 6) is -0.689. The van der Waals surface area contributed by atoms with E-state index in [1.54, 1.807) is 24.7 Å². The number of halogens is 1. The zero-order valence-electron chi connectivity index (χ0n) is 12.8. The molecule has 0 saturated heterocycles. The maximum atomic E-state index is 12.1. The molecule has 1 amide bonds. The van der Waals surface area contributed by atoms with Gasteiger partial charge < -0.3 is 15.4 Å². The molecule has 23 heavy (non-hydrogen) atoms. The lowest BCUT2D eigenvalue weighted by Crippen LogP contribution is -2.34. The highest BCUT2D eigenvalue weighted by atomic mass is 79.9. The number of amides is 1. The van der Waals surface area contributed by atoms with Gasteiger partial charge in [0.1, 0.15) is 0 Å². The lowest BCUT2D eigenvalue weighted by Gasteiger charge is -2.11. The van der Waals surface area contributed by atoms with E-state index in [2.05, 4.69) is 31.4 Å². The monoisotopic (exact) mass is 384 g/mol. The standard InChI is InChI=1S/C13H17BrN6O3/c1-9(7-19-10(2)5-12(17-19)20(22)23)13(21)15-3-4-18-8-11(14)6-16-18/h5-6,8-9H,3-4,7H2,1-2H3,(H,15,21). The Morgan fingerprint density at radius 2 is 2.30 bits per heavy atom. The van der Waals surface area contributed by atoms with Gasteiger partial charge in [0.25, 0.3) is 0 Å². The zero-order chi connectivity index (χ0) is 17.0. The van der Waals surface area contributed by atoms with E-state index in [1.165, 1.54) is 10.7 Å². The van der Waals surface area contributed by atoms with Gasteiger partial charge in [-0.15, -0.1) is 0 Å². The molecule has 0 fully saturated rings.